The molecule has 0 spiro atoms. The van der Waals surface area contributed by atoms with Crippen molar-refractivity contribution in [1.29, 1.82) is 0 Å². The highest BCUT2D eigenvalue weighted by atomic mass is 32.2. The molecule has 0 fully saturated rings. The Hall–Kier alpha value is -6.88. The molecule has 7 aromatic rings. The first-order valence-corrected chi connectivity index (χ1v) is 49.0. The molecule has 0 radical (unpaired) electrons. The minimum atomic E-state index is -4.17. The molecule has 5 heterocycles. The molecule has 2 aliphatic heterocycles. The fourth-order valence-electron chi connectivity index (χ4n) is 16.5. The van der Waals surface area contributed by atoms with Gasteiger partial charge in [-0.2, -0.15) is 0 Å². The van der Waals surface area contributed by atoms with E-state index >= 15 is 0 Å². The number of primary sulfonamides is 4. The predicted molar refractivity (Wildman–Crippen MR) is 468 cm³/mol. The highest BCUT2D eigenvalue weighted by molar-refractivity contribution is 7.90. The van der Waals surface area contributed by atoms with Crippen molar-refractivity contribution in [3.8, 4) is 44.5 Å². The van der Waals surface area contributed by atoms with Crippen molar-refractivity contribution in [3.63, 3.8) is 0 Å². The van der Waals surface area contributed by atoms with E-state index in [-0.39, 0.29) is 19.6 Å². The fraction of sp³-hybridized carbons (Fsp3) is 0.522. The first kappa shape index (κ1) is 89.1. The van der Waals surface area contributed by atoms with E-state index in [2.05, 4.69) is 37.7 Å². The van der Waals surface area contributed by atoms with Crippen LogP contribution in [0.5, 0.6) is 0 Å². The van der Waals surface area contributed by atoms with Gasteiger partial charge in [0, 0.05) is 44.3 Å². The van der Waals surface area contributed by atoms with Crippen LogP contribution in [0.3, 0.4) is 0 Å². The van der Waals surface area contributed by atoms with E-state index in [1.807, 2.05) is 72.8 Å². The Bertz CT molecular complexity index is 4340. The molecule has 112 heavy (non-hydrogen) atoms. The van der Waals surface area contributed by atoms with E-state index in [0.717, 1.165) is 103 Å². The first-order valence-electron chi connectivity index (χ1n) is 42.8. The quantitative estimate of drug-likeness (QED) is 0.0196. The van der Waals surface area contributed by atoms with Gasteiger partial charge in [-0.05, 0) is 193 Å². The Kier molecular flexibility index (Phi) is 35.7. The van der Waals surface area contributed by atoms with Gasteiger partial charge < -0.3 is 9.97 Å². The third kappa shape index (κ3) is 26.6. The molecular formula is C92H130N8O8S4. The minimum Gasteiger partial charge on any atom is -0.354 e. The summed E-state index contributed by atoms with van der Waals surface area (Å²) >= 11 is 0. The van der Waals surface area contributed by atoms with Gasteiger partial charge in [0.1, 0.15) is 0 Å². The number of fused-ring (bicyclic) bond motifs is 8. The number of rotatable bonds is 52. The number of unbranched alkanes of at least 4 members (excludes halogenated alkanes) is 36. The number of aromatic nitrogens is 4. The van der Waals surface area contributed by atoms with Crippen molar-refractivity contribution < 1.29 is 33.7 Å². The van der Waals surface area contributed by atoms with Crippen LogP contribution in [0.2, 0.25) is 0 Å². The zero-order valence-corrected chi connectivity index (χ0v) is 71.0. The van der Waals surface area contributed by atoms with Gasteiger partial charge in [-0.15, -0.1) is 0 Å². The second kappa shape index (κ2) is 44.8. The van der Waals surface area contributed by atoms with Crippen LogP contribution < -0.4 is 20.6 Å². The van der Waals surface area contributed by atoms with Crippen LogP contribution in [-0.4, -0.2) is 53.6 Å². The number of nitrogens with two attached hydrogens (primary N) is 4. The lowest BCUT2D eigenvalue weighted by molar-refractivity contribution is 0.555. The number of H-pyrrole nitrogens is 2. The van der Waals surface area contributed by atoms with Crippen molar-refractivity contribution in [1.82, 2.24) is 19.9 Å². The van der Waals surface area contributed by atoms with Crippen LogP contribution >= 0.6 is 0 Å². The number of aryl methyl sites for hydroxylation is 4. The second-order valence-corrected chi connectivity index (χ2v) is 37.8. The van der Waals surface area contributed by atoms with Gasteiger partial charge in [0.25, 0.3) is 0 Å². The molecule has 16 nitrogen and oxygen atoms in total. The summed E-state index contributed by atoms with van der Waals surface area (Å²) in [5.41, 5.74) is 12.4. The lowest BCUT2D eigenvalue weighted by Gasteiger charge is -2.13. The molecule has 4 aromatic carbocycles. The summed E-state index contributed by atoms with van der Waals surface area (Å²) < 4.78 is 109. The third-order valence-electron chi connectivity index (χ3n) is 22.6. The van der Waals surface area contributed by atoms with Crippen molar-refractivity contribution in [2.75, 3.05) is 0 Å². The summed E-state index contributed by atoms with van der Waals surface area (Å²) in [6.45, 7) is 8.91. The van der Waals surface area contributed by atoms with E-state index in [1.165, 1.54) is 154 Å². The number of hydrogen-bond donors (Lipinski definition) is 6. The molecule has 0 amide bonds. The van der Waals surface area contributed by atoms with Gasteiger partial charge in [0.2, 0.25) is 40.1 Å². The van der Waals surface area contributed by atoms with Crippen LogP contribution in [-0.2, 0) is 65.8 Å². The molecule has 0 saturated heterocycles. The fourth-order valence-corrected chi connectivity index (χ4v) is 19.6. The number of sulfonamides is 4. The van der Waals surface area contributed by atoms with Gasteiger partial charge in [-0.1, -0.05) is 283 Å². The van der Waals surface area contributed by atoms with Gasteiger partial charge in [0.15, 0.2) is 0 Å². The van der Waals surface area contributed by atoms with Crippen molar-refractivity contribution >= 4 is 86.5 Å². The molecule has 9 rings (SSSR count). The molecule has 2 aliphatic rings. The van der Waals surface area contributed by atoms with Crippen LogP contribution in [0.25, 0.3) is 90.9 Å². The Labute approximate surface area is 672 Å². The summed E-state index contributed by atoms with van der Waals surface area (Å²) in [4.78, 5) is 19.1. The molecule has 3 aromatic heterocycles. The normalized spacial score (nSPS) is 12.6. The molecule has 0 unspecified atom stereocenters. The zero-order valence-electron chi connectivity index (χ0n) is 67.8. The minimum absolute atomic E-state index is 0.0612. The first-order chi connectivity index (χ1) is 54.0. The highest BCUT2D eigenvalue weighted by Gasteiger charge is 2.26. The molecule has 0 atom stereocenters. The summed E-state index contributed by atoms with van der Waals surface area (Å²) in [7, 11) is -16.7. The van der Waals surface area contributed by atoms with Crippen molar-refractivity contribution in [3.05, 3.63) is 142 Å². The summed E-state index contributed by atoms with van der Waals surface area (Å²) in [6, 6.07) is 29.2. The molecule has 10 N–H and O–H groups in total. The number of nitrogens with one attached hydrogen (secondary N) is 2. The maximum atomic E-state index is 13.6. The lowest BCUT2D eigenvalue weighted by atomic mass is 9.98. The van der Waals surface area contributed by atoms with E-state index in [1.54, 1.807) is 48.5 Å². The monoisotopic (exact) mass is 1600 g/mol. The zero-order chi connectivity index (χ0) is 79.9. The summed E-state index contributed by atoms with van der Waals surface area (Å²) in [6.07, 6.45) is 54.3. The number of aromatic amines is 2. The SMILES string of the molecule is CCCCCCCCCCCCc1cc(-c2c3nc(c(-c4ccc(S(N)(=O)=O)c(CCCCCCCCCCCC)c4)c4ccc([nH]4)c(-c4ccc(S(N)(=O)=O)c(CCCCCCCCCCCC)c4)c4nc(c(-c5ccc(S(N)(=O)=O)c(CCCCCCCCCCCC)c5)c5ccc2[nH]5)C=C4)C=C3)ccc1S(N)(=O)=O. The van der Waals surface area contributed by atoms with Crippen LogP contribution in [0.1, 0.15) is 330 Å². The second-order valence-electron chi connectivity index (χ2n) is 31.7. The molecular weight excluding hydrogens is 1470 g/mol. The molecule has 0 saturated carbocycles. The topological polar surface area (TPSA) is 298 Å². The van der Waals surface area contributed by atoms with Gasteiger partial charge in [-0.25, -0.2) is 64.2 Å². The molecule has 20 heteroatoms. The Morgan fingerprint density at radius 2 is 0.411 bits per heavy atom. The summed E-state index contributed by atoms with van der Waals surface area (Å²) in [5, 5.41) is 24.3. The standard InChI is InChI=1S/C92H130N8O8S4/c1-5-9-13-17-21-25-29-33-37-41-45-69-65-73(49-61-85(69)109(93,101)102)89-77-53-55-79(97-77)90(74-50-62-86(110(94,103)104)70(66-74)46-42-38-34-30-26-22-18-14-10-6-2)81-57-59-83(99-81)92(76-52-64-88(112(96,107)108)72(68-76)48-44-40-36-32-28-24-20-16-12-8-4)84-60-58-82(100-84)91(80-56-54-78(89)98-80)75-51-63-87(111(95,105)106)71(67-75)47-43-39-35-31-27-23-19-15-11-7-3/h49-68,97,100H,5-48H2,1-4H3,(H2,93,101,102)(H2,94,103,104)(H2,95,105,106)(H2,96,107,108). The van der Waals surface area contributed by atoms with Crippen LogP contribution in [0.15, 0.2) is 117 Å². The average Bonchev–Trinajstić information content (AvgIpc) is 1.59. The maximum absolute atomic E-state index is 13.6. The number of nitrogens with zero attached hydrogens (tertiary/aromatic N) is 2. The maximum Gasteiger partial charge on any atom is 0.238 e. The molecule has 610 valence electrons. The Morgan fingerprint density at radius 3 is 0.580 bits per heavy atom. The Morgan fingerprint density at radius 1 is 0.241 bits per heavy atom. The number of hydrogen-bond acceptors (Lipinski definition) is 10. The smallest absolute Gasteiger partial charge is 0.238 e. The van der Waals surface area contributed by atoms with E-state index < -0.39 is 40.1 Å². The van der Waals surface area contributed by atoms with E-state index in [0.29, 0.717) is 137 Å². The van der Waals surface area contributed by atoms with E-state index in [9.17, 15) is 33.7 Å². The Balaban J connectivity index is 1.28. The third-order valence-corrected chi connectivity index (χ3v) is 26.6. The van der Waals surface area contributed by atoms with E-state index in [4.69, 9.17) is 30.5 Å². The van der Waals surface area contributed by atoms with Crippen molar-refractivity contribution in [2.24, 2.45) is 20.6 Å². The van der Waals surface area contributed by atoms with Gasteiger partial charge in [-0.3, -0.25) is 0 Å². The summed E-state index contributed by atoms with van der Waals surface area (Å²) in [5.74, 6) is 0. The average molecular weight is 1600 g/mol. The number of benzene rings is 4. The van der Waals surface area contributed by atoms with Gasteiger partial charge in [0.05, 0.1) is 42.4 Å². The highest BCUT2D eigenvalue weighted by Crippen LogP contribution is 2.42. The van der Waals surface area contributed by atoms with Crippen LogP contribution in [0, 0.1) is 0 Å². The molecule has 0 aliphatic carbocycles. The van der Waals surface area contributed by atoms with Crippen molar-refractivity contribution in [2.45, 2.75) is 330 Å². The lowest BCUT2D eigenvalue weighted by Crippen LogP contribution is -2.14. The largest absolute Gasteiger partial charge is 0.354 e. The van der Waals surface area contributed by atoms with Gasteiger partial charge >= 0.3 is 0 Å². The molecule has 8 bridgehead atoms. The predicted octanol–water partition coefficient (Wildman–Crippen LogP) is 23.8. The van der Waals surface area contributed by atoms with Crippen LogP contribution in [0.4, 0.5) is 0 Å².